The second-order valence-electron chi connectivity index (χ2n) is 8.09. The van der Waals surface area contributed by atoms with E-state index in [9.17, 15) is 24.0 Å². The van der Waals surface area contributed by atoms with Gasteiger partial charge in [-0.25, -0.2) is 4.79 Å². The summed E-state index contributed by atoms with van der Waals surface area (Å²) in [6, 6.07) is 12.6. The molecular weight excluding hydrogens is 454 g/mol. The van der Waals surface area contributed by atoms with E-state index >= 15 is 0 Å². The third-order valence-corrected chi connectivity index (χ3v) is 4.36. The molecule has 0 heterocycles. The van der Waals surface area contributed by atoms with Crippen LogP contribution in [0.3, 0.4) is 0 Å². The summed E-state index contributed by atoms with van der Waals surface area (Å²) < 4.78 is 10.0. The number of amides is 3. The third kappa shape index (κ3) is 10.5. The highest BCUT2D eigenvalue weighted by Gasteiger charge is 2.12. The van der Waals surface area contributed by atoms with Gasteiger partial charge in [0.05, 0.1) is 18.6 Å². The molecule has 3 amide bonds. The molecule has 2 aromatic carbocycles. The summed E-state index contributed by atoms with van der Waals surface area (Å²) in [6.07, 6.45) is -0.321. The molecule has 3 N–H and O–H groups in total. The number of carbonyl (C=O) groups excluding carboxylic acids is 5. The molecule has 0 bridgehead atoms. The van der Waals surface area contributed by atoms with Gasteiger partial charge in [-0.3, -0.25) is 19.2 Å². The lowest BCUT2D eigenvalue weighted by atomic mass is 10.2. The molecule has 0 unspecified atom stereocenters. The van der Waals surface area contributed by atoms with Crippen molar-refractivity contribution in [2.75, 3.05) is 29.2 Å². The Morgan fingerprint density at radius 2 is 1.23 bits per heavy atom. The molecule has 186 valence electrons. The SMILES string of the molecule is CC(=O)Nc1ccc(NC(=O)CCC(=O)OCC(=O)Nc2ccc(C(=O)OCC(C)C)cc2)cc1. The van der Waals surface area contributed by atoms with Gasteiger partial charge in [0.15, 0.2) is 6.61 Å². The molecule has 2 aromatic rings. The van der Waals surface area contributed by atoms with Crippen molar-refractivity contribution in [2.24, 2.45) is 5.92 Å². The van der Waals surface area contributed by atoms with Gasteiger partial charge in [-0.2, -0.15) is 0 Å². The number of benzene rings is 2. The van der Waals surface area contributed by atoms with E-state index in [4.69, 9.17) is 9.47 Å². The van der Waals surface area contributed by atoms with E-state index in [1.54, 1.807) is 36.4 Å². The minimum Gasteiger partial charge on any atom is -0.462 e. The van der Waals surface area contributed by atoms with Crippen molar-refractivity contribution in [2.45, 2.75) is 33.6 Å². The molecule has 0 fully saturated rings. The van der Waals surface area contributed by atoms with Crippen molar-refractivity contribution in [1.82, 2.24) is 0 Å². The first-order valence-corrected chi connectivity index (χ1v) is 11.0. The number of hydrogen-bond donors (Lipinski definition) is 3. The quantitative estimate of drug-likeness (QED) is 0.416. The first kappa shape index (κ1) is 27.0. The molecule has 0 aliphatic carbocycles. The first-order valence-electron chi connectivity index (χ1n) is 11.0. The average molecular weight is 484 g/mol. The highest BCUT2D eigenvalue weighted by Crippen LogP contribution is 2.14. The molecule has 0 aliphatic rings. The maximum Gasteiger partial charge on any atom is 0.338 e. The second-order valence-corrected chi connectivity index (χ2v) is 8.09. The number of carbonyl (C=O) groups is 5. The number of nitrogens with one attached hydrogen (secondary N) is 3. The lowest BCUT2D eigenvalue weighted by Gasteiger charge is -2.09. The Morgan fingerprint density at radius 1 is 0.714 bits per heavy atom. The topological polar surface area (TPSA) is 140 Å². The van der Waals surface area contributed by atoms with Crippen molar-refractivity contribution in [3.8, 4) is 0 Å². The van der Waals surface area contributed by atoms with Crippen molar-refractivity contribution >= 4 is 46.7 Å². The second kappa shape index (κ2) is 13.5. The molecule has 0 spiro atoms. The van der Waals surface area contributed by atoms with Crippen LogP contribution in [0.1, 0.15) is 44.0 Å². The molecule has 0 radical (unpaired) electrons. The third-order valence-electron chi connectivity index (χ3n) is 4.36. The van der Waals surface area contributed by atoms with Crippen LogP contribution >= 0.6 is 0 Å². The molecule has 0 saturated carbocycles. The Morgan fingerprint density at radius 3 is 1.77 bits per heavy atom. The fourth-order valence-electron chi connectivity index (χ4n) is 2.71. The number of rotatable bonds is 11. The highest BCUT2D eigenvalue weighted by atomic mass is 16.5. The van der Waals surface area contributed by atoms with Gasteiger partial charge in [-0.15, -0.1) is 0 Å². The van der Waals surface area contributed by atoms with Crippen LogP contribution in [0, 0.1) is 5.92 Å². The number of anilines is 3. The van der Waals surface area contributed by atoms with Crippen LogP contribution < -0.4 is 16.0 Å². The van der Waals surface area contributed by atoms with E-state index in [2.05, 4.69) is 16.0 Å². The van der Waals surface area contributed by atoms with Gasteiger partial charge < -0.3 is 25.4 Å². The molecule has 0 aromatic heterocycles. The van der Waals surface area contributed by atoms with E-state index in [0.717, 1.165) is 0 Å². The van der Waals surface area contributed by atoms with Crippen LogP contribution in [0.15, 0.2) is 48.5 Å². The smallest absolute Gasteiger partial charge is 0.338 e. The van der Waals surface area contributed by atoms with Gasteiger partial charge in [-0.1, -0.05) is 13.8 Å². The Balaban J connectivity index is 1.68. The zero-order chi connectivity index (χ0) is 25.8. The van der Waals surface area contributed by atoms with Gasteiger partial charge in [0.2, 0.25) is 11.8 Å². The molecule has 35 heavy (non-hydrogen) atoms. The van der Waals surface area contributed by atoms with Gasteiger partial charge >= 0.3 is 11.9 Å². The van der Waals surface area contributed by atoms with Crippen LogP contribution in [-0.2, 0) is 28.7 Å². The summed E-state index contributed by atoms with van der Waals surface area (Å²) in [5.41, 5.74) is 1.89. The van der Waals surface area contributed by atoms with Crippen molar-refractivity contribution in [1.29, 1.82) is 0 Å². The van der Waals surface area contributed by atoms with E-state index in [0.29, 0.717) is 29.2 Å². The lowest BCUT2D eigenvalue weighted by Crippen LogP contribution is -2.21. The summed E-state index contributed by atoms with van der Waals surface area (Å²) in [5.74, 6) is -2.07. The summed E-state index contributed by atoms with van der Waals surface area (Å²) in [5, 5.41) is 7.80. The standard InChI is InChI=1S/C25H29N3O7/c1-16(2)14-35-25(33)18-4-6-20(7-5-18)28-23(31)15-34-24(32)13-12-22(30)27-21-10-8-19(9-11-21)26-17(3)29/h4-11,16H,12-15H2,1-3H3,(H,26,29)(H,27,30)(H,28,31). The van der Waals surface area contributed by atoms with Crippen LogP contribution in [0.4, 0.5) is 17.1 Å². The molecule has 0 atom stereocenters. The average Bonchev–Trinajstić information content (AvgIpc) is 2.81. The highest BCUT2D eigenvalue weighted by molar-refractivity contribution is 5.95. The summed E-state index contributed by atoms with van der Waals surface area (Å²) >= 11 is 0. The van der Waals surface area contributed by atoms with Crippen molar-refractivity contribution in [3.05, 3.63) is 54.1 Å². The molecule has 10 heteroatoms. The zero-order valence-electron chi connectivity index (χ0n) is 19.9. The van der Waals surface area contributed by atoms with Crippen molar-refractivity contribution < 1.29 is 33.4 Å². The van der Waals surface area contributed by atoms with Gasteiger partial charge in [0.25, 0.3) is 5.91 Å². The van der Waals surface area contributed by atoms with Gasteiger partial charge in [0, 0.05) is 30.4 Å². The summed E-state index contributed by atoms with van der Waals surface area (Å²) in [4.78, 5) is 58.8. The Labute approximate surface area is 203 Å². The van der Waals surface area contributed by atoms with Crippen molar-refractivity contribution in [3.63, 3.8) is 0 Å². The minimum absolute atomic E-state index is 0.123. The molecule has 2 rings (SSSR count). The largest absolute Gasteiger partial charge is 0.462 e. The van der Waals surface area contributed by atoms with Crippen LogP contribution in [0.5, 0.6) is 0 Å². The predicted molar refractivity (Wildman–Crippen MR) is 130 cm³/mol. The minimum atomic E-state index is -0.695. The molecule has 0 saturated heterocycles. The lowest BCUT2D eigenvalue weighted by molar-refractivity contribution is -0.147. The van der Waals surface area contributed by atoms with E-state index in [1.165, 1.54) is 19.1 Å². The maximum atomic E-state index is 12.0. The summed E-state index contributed by atoms with van der Waals surface area (Å²) in [7, 11) is 0. The number of hydrogen-bond acceptors (Lipinski definition) is 7. The van der Waals surface area contributed by atoms with Gasteiger partial charge in [0.1, 0.15) is 0 Å². The Bertz CT molecular complexity index is 1050. The zero-order valence-corrected chi connectivity index (χ0v) is 19.9. The van der Waals surface area contributed by atoms with E-state index in [-0.39, 0.29) is 24.7 Å². The van der Waals surface area contributed by atoms with Crippen LogP contribution in [0.2, 0.25) is 0 Å². The van der Waals surface area contributed by atoms with E-state index < -0.39 is 30.4 Å². The van der Waals surface area contributed by atoms with E-state index in [1.807, 2.05) is 13.8 Å². The normalized spacial score (nSPS) is 10.3. The van der Waals surface area contributed by atoms with Gasteiger partial charge in [-0.05, 0) is 54.4 Å². The maximum absolute atomic E-state index is 12.0. The fourth-order valence-corrected chi connectivity index (χ4v) is 2.71. The predicted octanol–water partition coefficient (Wildman–Crippen LogP) is 3.36. The molecule has 0 aliphatic heterocycles. The monoisotopic (exact) mass is 483 g/mol. The van der Waals surface area contributed by atoms with Crippen LogP contribution in [-0.4, -0.2) is 42.9 Å². The number of ether oxygens (including phenoxy) is 2. The van der Waals surface area contributed by atoms with Crippen LogP contribution in [0.25, 0.3) is 0 Å². The molecule has 10 nitrogen and oxygen atoms in total. The Kier molecular flexibility index (Phi) is 10.4. The number of esters is 2. The Hall–Kier alpha value is -4.21. The fraction of sp³-hybridized carbons (Fsp3) is 0.320. The molecular formula is C25H29N3O7. The first-order chi connectivity index (χ1) is 16.6. The summed E-state index contributed by atoms with van der Waals surface area (Å²) in [6.45, 7) is 5.07.